The number of unbranched alkanes of at least 4 members (excludes halogenated alkanes) is 4. The Kier molecular flexibility index (Phi) is 9.19. The molecule has 2 heteroatoms. The molecule has 0 amide bonds. The van der Waals surface area contributed by atoms with Crippen LogP contribution in [0.4, 0.5) is 0 Å². The molecule has 1 heterocycles. The van der Waals surface area contributed by atoms with E-state index in [1.165, 1.54) is 51.4 Å². The molecule has 110 valence electrons. The summed E-state index contributed by atoms with van der Waals surface area (Å²) in [5.74, 6) is 0. The standard InChI is InChI=1S/C17H31NS/c1-4-7-8-9-10-11-16(18-13-5-2)17-15(6-3)12-14-19-17/h12,14,16,18H,4-11,13H2,1-3H3. The Morgan fingerprint density at radius 1 is 1.05 bits per heavy atom. The second-order valence-electron chi connectivity index (χ2n) is 5.37. The van der Waals surface area contributed by atoms with Gasteiger partial charge in [0.05, 0.1) is 0 Å². The van der Waals surface area contributed by atoms with Crippen molar-refractivity contribution in [2.75, 3.05) is 6.54 Å². The van der Waals surface area contributed by atoms with Gasteiger partial charge < -0.3 is 5.32 Å². The fourth-order valence-corrected chi connectivity index (χ4v) is 3.65. The minimum atomic E-state index is 0.594. The average molecular weight is 282 g/mol. The van der Waals surface area contributed by atoms with E-state index < -0.39 is 0 Å². The predicted molar refractivity (Wildman–Crippen MR) is 88.1 cm³/mol. The molecule has 0 fully saturated rings. The maximum absolute atomic E-state index is 3.75. The first kappa shape index (κ1) is 16.7. The zero-order valence-corrected chi connectivity index (χ0v) is 13.8. The van der Waals surface area contributed by atoms with Crippen molar-refractivity contribution in [3.8, 4) is 0 Å². The second kappa shape index (κ2) is 10.4. The quantitative estimate of drug-likeness (QED) is 0.512. The number of nitrogens with one attached hydrogen (secondary N) is 1. The molecule has 0 saturated heterocycles. The van der Waals surface area contributed by atoms with Crippen LogP contribution in [-0.2, 0) is 6.42 Å². The molecule has 0 aliphatic rings. The average Bonchev–Trinajstić information content (AvgIpc) is 2.90. The Morgan fingerprint density at radius 3 is 2.53 bits per heavy atom. The summed E-state index contributed by atoms with van der Waals surface area (Å²) in [6, 6.07) is 2.90. The van der Waals surface area contributed by atoms with Crippen LogP contribution in [-0.4, -0.2) is 6.54 Å². The van der Waals surface area contributed by atoms with Crippen LogP contribution in [0.3, 0.4) is 0 Å². The molecule has 19 heavy (non-hydrogen) atoms. The highest BCUT2D eigenvalue weighted by atomic mass is 32.1. The third-order valence-electron chi connectivity index (χ3n) is 3.72. The predicted octanol–water partition coefficient (Wildman–Crippen LogP) is 5.71. The normalized spacial score (nSPS) is 12.8. The number of hydrogen-bond acceptors (Lipinski definition) is 2. The summed E-state index contributed by atoms with van der Waals surface area (Å²) in [6.45, 7) is 7.94. The molecular formula is C17H31NS. The molecule has 0 saturated carbocycles. The number of hydrogen-bond donors (Lipinski definition) is 1. The van der Waals surface area contributed by atoms with Gasteiger partial charge in [-0.25, -0.2) is 0 Å². The Morgan fingerprint density at radius 2 is 1.84 bits per heavy atom. The lowest BCUT2D eigenvalue weighted by atomic mass is 10.0. The van der Waals surface area contributed by atoms with Gasteiger partial charge in [-0.1, -0.05) is 52.9 Å². The van der Waals surface area contributed by atoms with Crippen molar-refractivity contribution < 1.29 is 0 Å². The van der Waals surface area contributed by atoms with Gasteiger partial charge in [0.25, 0.3) is 0 Å². The third kappa shape index (κ3) is 6.09. The Balaban J connectivity index is 2.47. The molecule has 1 nitrogen and oxygen atoms in total. The van der Waals surface area contributed by atoms with Gasteiger partial charge in [0.1, 0.15) is 0 Å². The summed E-state index contributed by atoms with van der Waals surface area (Å²) >= 11 is 1.94. The molecule has 1 rings (SSSR count). The number of aryl methyl sites for hydroxylation is 1. The van der Waals surface area contributed by atoms with E-state index in [4.69, 9.17) is 0 Å². The maximum atomic E-state index is 3.75. The first-order chi connectivity index (χ1) is 9.33. The van der Waals surface area contributed by atoms with Gasteiger partial charge in [0, 0.05) is 10.9 Å². The van der Waals surface area contributed by atoms with Gasteiger partial charge in [0.15, 0.2) is 0 Å². The molecule has 0 aliphatic carbocycles. The zero-order chi connectivity index (χ0) is 13.9. The minimum Gasteiger partial charge on any atom is -0.309 e. The van der Waals surface area contributed by atoms with E-state index in [2.05, 4.69) is 37.5 Å². The molecule has 0 spiro atoms. The van der Waals surface area contributed by atoms with Crippen LogP contribution in [0.2, 0.25) is 0 Å². The maximum Gasteiger partial charge on any atom is 0.0417 e. The first-order valence-electron chi connectivity index (χ1n) is 8.13. The highest BCUT2D eigenvalue weighted by molar-refractivity contribution is 7.10. The zero-order valence-electron chi connectivity index (χ0n) is 13.0. The van der Waals surface area contributed by atoms with E-state index in [0.29, 0.717) is 6.04 Å². The third-order valence-corrected chi connectivity index (χ3v) is 4.79. The van der Waals surface area contributed by atoms with Gasteiger partial charge in [-0.3, -0.25) is 0 Å². The van der Waals surface area contributed by atoms with Crippen LogP contribution in [0.25, 0.3) is 0 Å². The molecule has 1 aromatic rings. The van der Waals surface area contributed by atoms with Gasteiger partial charge in [0.2, 0.25) is 0 Å². The largest absolute Gasteiger partial charge is 0.309 e. The van der Waals surface area contributed by atoms with Crippen LogP contribution in [0.1, 0.15) is 82.2 Å². The number of rotatable bonds is 11. The van der Waals surface area contributed by atoms with Gasteiger partial charge in [-0.15, -0.1) is 11.3 Å². The molecule has 1 unspecified atom stereocenters. The van der Waals surface area contributed by atoms with Crippen molar-refractivity contribution in [3.05, 3.63) is 21.9 Å². The van der Waals surface area contributed by atoms with Crippen LogP contribution in [0, 0.1) is 0 Å². The van der Waals surface area contributed by atoms with E-state index in [-0.39, 0.29) is 0 Å². The van der Waals surface area contributed by atoms with Gasteiger partial charge in [-0.2, -0.15) is 0 Å². The topological polar surface area (TPSA) is 12.0 Å². The molecule has 1 atom stereocenters. The van der Waals surface area contributed by atoms with Crippen molar-refractivity contribution in [2.24, 2.45) is 0 Å². The molecular weight excluding hydrogens is 250 g/mol. The lowest BCUT2D eigenvalue weighted by Gasteiger charge is -2.19. The van der Waals surface area contributed by atoms with Crippen LogP contribution in [0.15, 0.2) is 11.4 Å². The summed E-state index contributed by atoms with van der Waals surface area (Å²) in [6.07, 6.45) is 10.6. The lowest BCUT2D eigenvalue weighted by molar-refractivity contribution is 0.471. The van der Waals surface area contributed by atoms with Crippen molar-refractivity contribution >= 4 is 11.3 Å². The van der Waals surface area contributed by atoms with Crippen molar-refractivity contribution in [3.63, 3.8) is 0 Å². The summed E-state index contributed by atoms with van der Waals surface area (Å²) in [4.78, 5) is 1.59. The van der Waals surface area contributed by atoms with E-state index >= 15 is 0 Å². The highest BCUT2D eigenvalue weighted by Crippen LogP contribution is 2.29. The smallest absolute Gasteiger partial charge is 0.0417 e. The molecule has 0 aliphatic heterocycles. The highest BCUT2D eigenvalue weighted by Gasteiger charge is 2.14. The first-order valence-corrected chi connectivity index (χ1v) is 9.01. The van der Waals surface area contributed by atoms with E-state index in [1.807, 2.05) is 11.3 Å². The molecule has 1 aromatic heterocycles. The minimum absolute atomic E-state index is 0.594. The van der Waals surface area contributed by atoms with Gasteiger partial charge in [-0.05, 0) is 42.8 Å². The Bertz CT molecular complexity index is 319. The SMILES string of the molecule is CCCCCCCC(NCCC)c1sccc1CC. The van der Waals surface area contributed by atoms with Gasteiger partial charge >= 0.3 is 0 Å². The summed E-state index contributed by atoms with van der Waals surface area (Å²) in [5.41, 5.74) is 1.55. The molecule has 0 radical (unpaired) electrons. The van der Waals surface area contributed by atoms with Crippen LogP contribution >= 0.6 is 11.3 Å². The molecule has 0 aromatic carbocycles. The van der Waals surface area contributed by atoms with Crippen molar-refractivity contribution in [1.82, 2.24) is 5.32 Å². The Labute approximate surface area is 123 Å². The van der Waals surface area contributed by atoms with Crippen molar-refractivity contribution in [1.29, 1.82) is 0 Å². The second-order valence-corrected chi connectivity index (χ2v) is 6.32. The van der Waals surface area contributed by atoms with Crippen molar-refractivity contribution in [2.45, 2.75) is 78.2 Å². The number of thiophene rings is 1. The monoisotopic (exact) mass is 281 g/mol. The van der Waals surface area contributed by atoms with E-state index in [0.717, 1.165) is 6.54 Å². The van der Waals surface area contributed by atoms with Crippen LogP contribution in [0.5, 0.6) is 0 Å². The molecule has 0 bridgehead atoms. The van der Waals surface area contributed by atoms with E-state index in [9.17, 15) is 0 Å². The summed E-state index contributed by atoms with van der Waals surface area (Å²) < 4.78 is 0. The summed E-state index contributed by atoms with van der Waals surface area (Å²) in [5, 5.41) is 6.00. The fraction of sp³-hybridized carbons (Fsp3) is 0.765. The lowest BCUT2D eigenvalue weighted by Crippen LogP contribution is -2.22. The Hall–Kier alpha value is -0.340. The van der Waals surface area contributed by atoms with Crippen LogP contribution < -0.4 is 5.32 Å². The molecule has 1 N–H and O–H groups in total. The van der Waals surface area contributed by atoms with E-state index in [1.54, 1.807) is 10.4 Å². The summed E-state index contributed by atoms with van der Waals surface area (Å²) in [7, 11) is 0. The fourth-order valence-electron chi connectivity index (χ4n) is 2.54.